The number of hydrogen-bond acceptors (Lipinski definition) is 2. The summed E-state index contributed by atoms with van der Waals surface area (Å²) < 4.78 is 0. The molecule has 0 amide bonds. The second-order valence-electron chi connectivity index (χ2n) is 2.91. The van der Waals surface area contributed by atoms with Gasteiger partial charge in [0.15, 0.2) is 0 Å². The predicted octanol–water partition coefficient (Wildman–Crippen LogP) is 0.459. The van der Waals surface area contributed by atoms with E-state index in [4.69, 9.17) is 5.11 Å². The molecule has 1 rings (SSSR count). The Hall–Kier alpha value is -0.570. The average molecular weight is 143 g/mol. The second kappa shape index (κ2) is 3.01. The van der Waals surface area contributed by atoms with Gasteiger partial charge in [-0.1, -0.05) is 0 Å². The van der Waals surface area contributed by atoms with E-state index < -0.39 is 5.97 Å². The Kier molecular flexibility index (Phi) is 2.27. The molecule has 2 atom stereocenters. The van der Waals surface area contributed by atoms with Gasteiger partial charge in [-0.05, 0) is 26.3 Å². The van der Waals surface area contributed by atoms with Crippen LogP contribution in [0.2, 0.25) is 0 Å². The summed E-state index contributed by atoms with van der Waals surface area (Å²) in [5.74, 6) is -0.760. The molecule has 1 aliphatic rings. The van der Waals surface area contributed by atoms with Crippen LogP contribution in [0.3, 0.4) is 0 Å². The molecule has 0 aromatic carbocycles. The molecule has 0 saturated carbocycles. The number of hydrogen-bond donors (Lipinski definition) is 2. The van der Waals surface area contributed by atoms with Crippen LogP contribution in [0.1, 0.15) is 19.8 Å². The topological polar surface area (TPSA) is 49.3 Å². The first-order chi connectivity index (χ1) is 4.70. The van der Waals surface area contributed by atoms with Gasteiger partial charge in [0, 0.05) is 6.04 Å². The fraction of sp³-hybridized carbons (Fsp3) is 0.857. The largest absolute Gasteiger partial charge is 0.481 e. The summed E-state index contributed by atoms with van der Waals surface area (Å²) in [6, 6.07) is 0.370. The van der Waals surface area contributed by atoms with Crippen molar-refractivity contribution < 1.29 is 9.90 Å². The Morgan fingerprint density at radius 1 is 1.70 bits per heavy atom. The standard InChI is InChI=1S/C7H13NO2/c1-5-4-6(7(9)10)2-3-8-5/h5-6,8H,2-4H2,1H3,(H,9,10)/t5-,6-/m1/s1. The van der Waals surface area contributed by atoms with Gasteiger partial charge < -0.3 is 10.4 Å². The van der Waals surface area contributed by atoms with E-state index in [2.05, 4.69) is 5.32 Å². The van der Waals surface area contributed by atoms with Gasteiger partial charge in [0.2, 0.25) is 0 Å². The lowest BCUT2D eigenvalue weighted by molar-refractivity contribution is -0.142. The third kappa shape index (κ3) is 1.70. The maximum absolute atomic E-state index is 10.5. The van der Waals surface area contributed by atoms with Crippen molar-refractivity contribution in [3.63, 3.8) is 0 Å². The molecule has 0 unspecified atom stereocenters. The van der Waals surface area contributed by atoms with Crippen molar-refractivity contribution in [3.05, 3.63) is 0 Å². The highest BCUT2D eigenvalue weighted by Gasteiger charge is 2.23. The highest BCUT2D eigenvalue weighted by molar-refractivity contribution is 5.70. The number of piperidine rings is 1. The maximum Gasteiger partial charge on any atom is 0.306 e. The Bertz CT molecular complexity index is 136. The molecule has 0 aliphatic carbocycles. The fourth-order valence-corrected chi connectivity index (χ4v) is 1.36. The number of carbonyl (C=O) groups is 1. The van der Waals surface area contributed by atoms with Gasteiger partial charge in [0.05, 0.1) is 5.92 Å². The Morgan fingerprint density at radius 2 is 2.40 bits per heavy atom. The highest BCUT2D eigenvalue weighted by atomic mass is 16.4. The number of carboxylic acid groups (broad SMARTS) is 1. The summed E-state index contributed by atoms with van der Waals surface area (Å²) in [4.78, 5) is 10.5. The van der Waals surface area contributed by atoms with Crippen LogP contribution >= 0.6 is 0 Å². The van der Waals surface area contributed by atoms with E-state index in [-0.39, 0.29) is 5.92 Å². The van der Waals surface area contributed by atoms with E-state index in [1.54, 1.807) is 0 Å². The van der Waals surface area contributed by atoms with E-state index in [1.807, 2.05) is 6.92 Å². The van der Waals surface area contributed by atoms with E-state index in [0.29, 0.717) is 6.04 Å². The van der Waals surface area contributed by atoms with Crippen LogP contribution in [0.25, 0.3) is 0 Å². The van der Waals surface area contributed by atoms with Crippen LogP contribution in [0, 0.1) is 5.92 Å². The van der Waals surface area contributed by atoms with Gasteiger partial charge >= 0.3 is 5.97 Å². The van der Waals surface area contributed by atoms with Crippen molar-refractivity contribution in [1.82, 2.24) is 5.32 Å². The molecule has 1 saturated heterocycles. The molecule has 1 aliphatic heterocycles. The Balaban J connectivity index is 2.39. The third-order valence-corrected chi connectivity index (χ3v) is 1.97. The van der Waals surface area contributed by atoms with Gasteiger partial charge in [0.1, 0.15) is 0 Å². The third-order valence-electron chi connectivity index (χ3n) is 1.97. The molecular weight excluding hydrogens is 130 g/mol. The van der Waals surface area contributed by atoms with Crippen LogP contribution in [0.15, 0.2) is 0 Å². The summed E-state index contributed by atoms with van der Waals surface area (Å²) in [6.45, 7) is 2.87. The first kappa shape index (κ1) is 7.54. The molecule has 3 nitrogen and oxygen atoms in total. The SMILES string of the molecule is C[C@@H]1C[C@H](C(=O)O)CCN1. The van der Waals surface area contributed by atoms with Crippen LogP contribution in [0.4, 0.5) is 0 Å². The minimum absolute atomic E-state index is 0.115. The van der Waals surface area contributed by atoms with Crippen molar-refractivity contribution in [2.45, 2.75) is 25.8 Å². The maximum atomic E-state index is 10.5. The number of rotatable bonds is 1. The predicted molar refractivity (Wildman–Crippen MR) is 37.8 cm³/mol. The van der Waals surface area contributed by atoms with Crippen LogP contribution in [-0.2, 0) is 4.79 Å². The lowest BCUT2D eigenvalue weighted by Gasteiger charge is -2.24. The summed E-state index contributed by atoms with van der Waals surface area (Å²) in [5, 5.41) is 11.8. The van der Waals surface area contributed by atoms with Gasteiger partial charge in [-0.25, -0.2) is 0 Å². The molecule has 0 bridgehead atoms. The summed E-state index contributed by atoms with van der Waals surface area (Å²) in [7, 11) is 0. The monoisotopic (exact) mass is 143 g/mol. The highest BCUT2D eigenvalue weighted by Crippen LogP contribution is 2.15. The number of carboxylic acids is 1. The number of aliphatic carboxylic acids is 1. The zero-order valence-electron chi connectivity index (χ0n) is 6.13. The van der Waals surface area contributed by atoms with Gasteiger partial charge in [-0.15, -0.1) is 0 Å². The van der Waals surface area contributed by atoms with Gasteiger partial charge in [0.25, 0.3) is 0 Å². The summed E-state index contributed by atoms with van der Waals surface area (Å²) >= 11 is 0. The van der Waals surface area contributed by atoms with Crippen molar-refractivity contribution >= 4 is 5.97 Å². The first-order valence-corrected chi connectivity index (χ1v) is 3.66. The molecule has 1 heterocycles. The van der Waals surface area contributed by atoms with Gasteiger partial charge in [-0.3, -0.25) is 4.79 Å². The zero-order chi connectivity index (χ0) is 7.56. The molecule has 10 heavy (non-hydrogen) atoms. The molecule has 0 radical (unpaired) electrons. The molecule has 0 aromatic rings. The minimum atomic E-state index is -0.645. The van der Waals surface area contributed by atoms with Gasteiger partial charge in [-0.2, -0.15) is 0 Å². The van der Waals surface area contributed by atoms with E-state index >= 15 is 0 Å². The van der Waals surface area contributed by atoms with Crippen LogP contribution in [0.5, 0.6) is 0 Å². The molecular formula is C7H13NO2. The molecule has 0 spiro atoms. The molecule has 58 valence electrons. The fourth-order valence-electron chi connectivity index (χ4n) is 1.36. The van der Waals surface area contributed by atoms with E-state index in [1.165, 1.54) is 0 Å². The molecule has 1 fully saturated rings. The second-order valence-corrected chi connectivity index (χ2v) is 2.91. The van der Waals surface area contributed by atoms with Crippen molar-refractivity contribution in [2.24, 2.45) is 5.92 Å². The molecule has 2 N–H and O–H groups in total. The molecule has 3 heteroatoms. The minimum Gasteiger partial charge on any atom is -0.481 e. The quantitative estimate of drug-likeness (QED) is 0.560. The van der Waals surface area contributed by atoms with Crippen LogP contribution < -0.4 is 5.32 Å². The van der Waals surface area contributed by atoms with Crippen LogP contribution in [-0.4, -0.2) is 23.7 Å². The lowest BCUT2D eigenvalue weighted by Crippen LogP contribution is -2.38. The normalized spacial score (nSPS) is 33.7. The molecule has 0 aromatic heterocycles. The summed E-state index contributed by atoms with van der Waals surface area (Å²) in [6.07, 6.45) is 1.55. The summed E-state index contributed by atoms with van der Waals surface area (Å²) in [5.41, 5.74) is 0. The first-order valence-electron chi connectivity index (χ1n) is 3.66. The average Bonchev–Trinajstić information content (AvgIpc) is 1.88. The number of nitrogens with one attached hydrogen (secondary N) is 1. The van der Waals surface area contributed by atoms with Crippen molar-refractivity contribution in [2.75, 3.05) is 6.54 Å². The van der Waals surface area contributed by atoms with E-state index in [0.717, 1.165) is 19.4 Å². The zero-order valence-corrected chi connectivity index (χ0v) is 6.13. The lowest BCUT2D eigenvalue weighted by atomic mass is 9.94. The smallest absolute Gasteiger partial charge is 0.306 e. The van der Waals surface area contributed by atoms with E-state index in [9.17, 15) is 4.79 Å². The van der Waals surface area contributed by atoms with Crippen molar-refractivity contribution in [3.8, 4) is 0 Å². The Labute approximate surface area is 60.4 Å². The van der Waals surface area contributed by atoms with Crippen molar-refractivity contribution in [1.29, 1.82) is 0 Å². The Morgan fingerprint density at radius 3 is 2.80 bits per heavy atom.